The second-order valence-corrected chi connectivity index (χ2v) is 4.94. The van der Waals surface area contributed by atoms with E-state index in [1.54, 1.807) is 13.2 Å². The van der Waals surface area contributed by atoms with Crippen LogP contribution in [0.5, 0.6) is 0 Å². The molecule has 1 aliphatic heterocycles. The van der Waals surface area contributed by atoms with Gasteiger partial charge in [-0.2, -0.15) is 0 Å². The first-order valence-corrected chi connectivity index (χ1v) is 6.60. The molecule has 19 heavy (non-hydrogen) atoms. The van der Waals surface area contributed by atoms with Crippen LogP contribution in [0.25, 0.3) is 0 Å². The van der Waals surface area contributed by atoms with Gasteiger partial charge in [-0.3, -0.25) is 0 Å². The van der Waals surface area contributed by atoms with Gasteiger partial charge in [-0.15, -0.1) is 0 Å². The molecule has 0 saturated carbocycles. The number of methoxy groups -OCH3 is 1. The first kappa shape index (κ1) is 14.0. The molecule has 0 aliphatic carbocycles. The Morgan fingerprint density at radius 3 is 2.84 bits per heavy atom. The summed E-state index contributed by atoms with van der Waals surface area (Å²) in [5.74, 6) is 2.61. The number of ether oxygens (including phenoxy) is 2. The van der Waals surface area contributed by atoms with Crippen molar-refractivity contribution in [3.05, 3.63) is 11.9 Å². The minimum absolute atomic E-state index is 0.378. The van der Waals surface area contributed by atoms with Crippen molar-refractivity contribution in [3.63, 3.8) is 0 Å². The van der Waals surface area contributed by atoms with Crippen LogP contribution in [-0.4, -0.2) is 43.9 Å². The minimum Gasteiger partial charge on any atom is -0.384 e. The zero-order valence-corrected chi connectivity index (χ0v) is 11.6. The summed E-state index contributed by atoms with van der Waals surface area (Å²) >= 11 is 0. The molecule has 6 nitrogen and oxygen atoms in total. The third-order valence-corrected chi connectivity index (χ3v) is 3.32. The number of nitrogens with two attached hydrogens (primary N) is 1. The summed E-state index contributed by atoms with van der Waals surface area (Å²) in [4.78, 5) is 10.7. The van der Waals surface area contributed by atoms with Crippen molar-refractivity contribution < 1.29 is 9.47 Å². The molecule has 1 fully saturated rings. The predicted octanol–water partition coefficient (Wildman–Crippen LogP) is 1.07. The molecular formula is C13H22N4O2. The van der Waals surface area contributed by atoms with E-state index >= 15 is 0 Å². The summed E-state index contributed by atoms with van der Waals surface area (Å²) < 4.78 is 10.4. The van der Waals surface area contributed by atoms with Crippen molar-refractivity contribution in [2.24, 2.45) is 5.92 Å². The maximum Gasteiger partial charge on any atom is 0.158 e. The van der Waals surface area contributed by atoms with Crippen molar-refractivity contribution in [2.45, 2.75) is 19.4 Å². The molecule has 2 N–H and O–H groups in total. The van der Waals surface area contributed by atoms with E-state index in [0.29, 0.717) is 24.2 Å². The Kier molecular flexibility index (Phi) is 4.93. The molecule has 0 spiro atoms. The minimum atomic E-state index is 0.378. The Morgan fingerprint density at radius 1 is 1.42 bits per heavy atom. The number of hydrogen-bond acceptors (Lipinski definition) is 6. The van der Waals surface area contributed by atoms with Gasteiger partial charge in [0.25, 0.3) is 0 Å². The molecule has 0 unspecified atom stereocenters. The van der Waals surface area contributed by atoms with Gasteiger partial charge < -0.3 is 20.1 Å². The Morgan fingerprint density at radius 2 is 2.16 bits per heavy atom. The van der Waals surface area contributed by atoms with E-state index in [4.69, 9.17) is 15.2 Å². The number of anilines is 2. The Bertz CT molecular complexity index is 408. The Labute approximate surface area is 113 Å². The Balaban J connectivity index is 2.02. The van der Waals surface area contributed by atoms with Crippen LogP contribution in [0.15, 0.2) is 6.07 Å². The SMILES string of the molecule is COCc1nc(N)cc(N(C)CC2CCOCC2)n1. The summed E-state index contributed by atoms with van der Waals surface area (Å²) in [6.07, 6.45) is 2.21. The van der Waals surface area contributed by atoms with Crippen molar-refractivity contribution >= 4 is 11.6 Å². The predicted molar refractivity (Wildman–Crippen MR) is 74.0 cm³/mol. The van der Waals surface area contributed by atoms with Crippen LogP contribution in [-0.2, 0) is 16.1 Å². The van der Waals surface area contributed by atoms with Gasteiger partial charge in [-0.25, -0.2) is 9.97 Å². The van der Waals surface area contributed by atoms with Crippen molar-refractivity contribution in [1.29, 1.82) is 0 Å². The first-order chi connectivity index (χ1) is 9.19. The molecule has 2 heterocycles. The lowest BCUT2D eigenvalue weighted by atomic mass is 10.00. The highest BCUT2D eigenvalue weighted by Gasteiger charge is 2.17. The van der Waals surface area contributed by atoms with Gasteiger partial charge in [0.05, 0.1) is 0 Å². The number of hydrogen-bond donors (Lipinski definition) is 1. The highest BCUT2D eigenvalue weighted by atomic mass is 16.5. The summed E-state index contributed by atoms with van der Waals surface area (Å²) in [6.45, 7) is 3.06. The van der Waals surface area contributed by atoms with Crippen molar-refractivity contribution in [3.8, 4) is 0 Å². The van der Waals surface area contributed by atoms with Gasteiger partial charge in [-0.1, -0.05) is 0 Å². The number of nitrogens with zero attached hydrogens (tertiary/aromatic N) is 3. The van der Waals surface area contributed by atoms with Gasteiger partial charge in [0.2, 0.25) is 0 Å². The number of aromatic nitrogens is 2. The van der Waals surface area contributed by atoms with Crippen LogP contribution in [0.3, 0.4) is 0 Å². The molecule has 0 aromatic carbocycles. The zero-order chi connectivity index (χ0) is 13.7. The maximum atomic E-state index is 5.81. The third kappa shape index (κ3) is 4.04. The largest absolute Gasteiger partial charge is 0.384 e. The van der Waals surface area contributed by atoms with Gasteiger partial charge in [0.15, 0.2) is 5.82 Å². The topological polar surface area (TPSA) is 73.5 Å². The highest BCUT2D eigenvalue weighted by Crippen LogP contribution is 2.19. The fraction of sp³-hybridized carbons (Fsp3) is 0.692. The van der Waals surface area contributed by atoms with Gasteiger partial charge in [0.1, 0.15) is 18.2 Å². The van der Waals surface area contributed by atoms with Crippen LogP contribution in [0, 0.1) is 5.92 Å². The summed E-state index contributed by atoms with van der Waals surface area (Å²) in [7, 11) is 3.66. The van der Waals surface area contributed by atoms with Crippen LogP contribution in [0.1, 0.15) is 18.7 Å². The van der Waals surface area contributed by atoms with Gasteiger partial charge in [-0.05, 0) is 18.8 Å². The standard InChI is InChI=1S/C13H22N4O2/c1-17(8-10-3-5-19-6-4-10)13-7-11(14)15-12(16-13)9-18-2/h7,10H,3-6,8-9H2,1-2H3,(H2,14,15,16). The highest BCUT2D eigenvalue weighted by molar-refractivity contribution is 5.46. The molecule has 0 bridgehead atoms. The average molecular weight is 266 g/mol. The smallest absolute Gasteiger partial charge is 0.158 e. The monoisotopic (exact) mass is 266 g/mol. The summed E-state index contributed by atoms with van der Waals surface area (Å²) in [5.41, 5.74) is 5.81. The van der Waals surface area contributed by atoms with Crippen LogP contribution >= 0.6 is 0 Å². The first-order valence-electron chi connectivity index (χ1n) is 6.60. The van der Waals surface area contributed by atoms with E-state index < -0.39 is 0 Å². The fourth-order valence-corrected chi connectivity index (χ4v) is 2.30. The van der Waals surface area contributed by atoms with Crippen LogP contribution < -0.4 is 10.6 Å². The summed E-state index contributed by atoms with van der Waals surface area (Å²) in [5, 5.41) is 0. The molecule has 1 aromatic heterocycles. The molecule has 1 aliphatic rings. The average Bonchev–Trinajstić information content (AvgIpc) is 2.39. The van der Waals surface area contributed by atoms with E-state index in [0.717, 1.165) is 38.4 Å². The van der Waals surface area contributed by atoms with Gasteiger partial charge >= 0.3 is 0 Å². The molecule has 0 amide bonds. The van der Waals surface area contributed by atoms with Crippen LogP contribution in [0.2, 0.25) is 0 Å². The molecule has 6 heteroatoms. The van der Waals surface area contributed by atoms with Crippen molar-refractivity contribution in [1.82, 2.24) is 9.97 Å². The molecule has 1 aromatic rings. The molecule has 0 atom stereocenters. The second kappa shape index (κ2) is 6.68. The molecule has 2 rings (SSSR count). The third-order valence-electron chi connectivity index (χ3n) is 3.32. The molecule has 106 valence electrons. The fourth-order valence-electron chi connectivity index (χ4n) is 2.30. The lowest BCUT2D eigenvalue weighted by molar-refractivity contribution is 0.0685. The van der Waals surface area contributed by atoms with Crippen LogP contribution in [0.4, 0.5) is 11.6 Å². The zero-order valence-electron chi connectivity index (χ0n) is 11.6. The summed E-state index contributed by atoms with van der Waals surface area (Å²) in [6, 6.07) is 1.80. The molecular weight excluding hydrogens is 244 g/mol. The quantitative estimate of drug-likeness (QED) is 0.859. The van der Waals surface area contributed by atoms with E-state index in [-0.39, 0.29) is 0 Å². The Hall–Kier alpha value is -1.40. The number of rotatable bonds is 5. The molecule has 1 saturated heterocycles. The van der Waals surface area contributed by atoms with E-state index in [2.05, 4.69) is 14.9 Å². The lowest BCUT2D eigenvalue weighted by Gasteiger charge is -2.28. The second-order valence-electron chi connectivity index (χ2n) is 4.94. The van der Waals surface area contributed by atoms with Gasteiger partial charge in [0, 0.05) is 40.0 Å². The van der Waals surface area contributed by atoms with E-state index in [9.17, 15) is 0 Å². The lowest BCUT2D eigenvalue weighted by Crippen LogP contribution is -2.30. The molecule has 0 radical (unpaired) electrons. The normalized spacial score (nSPS) is 16.5. The van der Waals surface area contributed by atoms with E-state index in [1.165, 1.54) is 0 Å². The van der Waals surface area contributed by atoms with Crippen molar-refractivity contribution in [2.75, 3.05) is 44.5 Å². The van der Waals surface area contributed by atoms with E-state index in [1.807, 2.05) is 7.05 Å². The number of nitrogen functional groups attached to an aromatic ring is 1. The maximum absolute atomic E-state index is 5.81.